The van der Waals surface area contributed by atoms with Crippen LogP contribution in [0.25, 0.3) is 0 Å². The molecule has 0 spiro atoms. The zero-order chi connectivity index (χ0) is 13.7. The van der Waals surface area contributed by atoms with Crippen molar-refractivity contribution in [3.8, 4) is 12.1 Å². The number of hydrogen-bond acceptors (Lipinski definition) is 4. The highest BCUT2D eigenvalue weighted by molar-refractivity contribution is 6.48. The van der Waals surface area contributed by atoms with Crippen LogP contribution in [0.15, 0.2) is 40.3 Å². The van der Waals surface area contributed by atoms with Crippen LogP contribution >= 0.6 is 0 Å². The predicted octanol–water partition coefficient (Wildman–Crippen LogP) is 1.28. The van der Waals surface area contributed by atoms with Crippen LogP contribution in [0.5, 0.6) is 0 Å². The topological polar surface area (TPSA) is 84.3 Å². The van der Waals surface area contributed by atoms with Crippen molar-refractivity contribution in [2.24, 2.45) is 9.98 Å². The molecule has 0 bridgehead atoms. The smallest absolute Gasteiger partial charge is 0.170 e. The van der Waals surface area contributed by atoms with Gasteiger partial charge in [0, 0.05) is 12.1 Å². The second-order valence-electron chi connectivity index (χ2n) is 3.99. The molecule has 5 heteroatoms. The van der Waals surface area contributed by atoms with E-state index in [-0.39, 0.29) is 0 Å². The summed E-state index contributed by atoms with van der Waals surface area (Å²) in [5.41, 5.74) is 1.53. The third-order valence-electron chi connectivity index (χ3n) is 2.74. The van der Waals surface area contributed by atoms with Gasteiger partial charge in [0.1, 0.15) is 11.5 Å². The third kappa shape index (κ3) is 2.61. The molecule has 0 saturated carbocycles. The second-order valence-corrected chi connectivity index (χ2v) is 3.99. The van der Waals surface area contributed by atoms with Crippen molar-refractivity contribution < 1.29 is 0 Å². The van der Waals surface area contributed by atoms with E-state index in [0.29, 0.717) is 18.1 Å². The van der Waals surface area contributed by atoms with Crippen molar-refractivity contribution in [3.63, 3.8) is 0 Å². The minimum Gasteiger partial charge on any atom is -0.350 e. The molecule has 0 amide bonds. The number of amidine groups is 1. The van der Waals surface area contributed by atoms with E-state index in [0.717, 1.165) is 5.56 Å². The Labute approximate surface area is 111 Å². The molecule has 19 heavy (non-hydrogen) atoms. The van der Waals surface area contributed by atoms with Gasteiger partial charge in [-0.15, -0.1) is 0 Å². The number of nitrogens with zero attached hydrogens (tertiary/aromatic N) is 4. The lowest BCUT2D eigenvalue weighted by atomic mass is 10.0. The molecule has 0 aliphatic carbocycles. The molecule has 0 radical (unpaired) electrons. The molecule has 1 aromatic carbocycles. The van der Waals surface area contributed by atoms with Crippen molar-refractivity contribution in [2.45, 2.75) is 19.0 Å². The number of nitrogens with one attached hydrogen (secondary N) is 1. The number of nitriles is 2. The maximum atomic E-state index is 9.09. The first-order valence-corrected chi connectivity index (χ1v) is 6.04. The summed E-state index contributed by atoms with van der Waals surface area (Å²) in [6, 6.07) is 12.3. The van der Waals surface area contributed by atoms with Gasteiger partial charge in [-0.3, -0.25) is 9.98 Å². The molecule has 1 aromatic rings. The number of rotatable bonds is 2. The first-order chi connectivity index (χ1) is 9.30. The van der Waals surface area contributed by atoms with Crippen LogP contribution in [0.2, 0.25) is 0 Å². The van der Waals surface area contributed by atoms with E-state index in [1.807, 2.05) is 49.4 Å². The molecule has 2 atom stereocenters. The number of benzene rings is 1. The molecule has 0 fully saturated rings. The summed E-state index contributed by atoms with van der Waals surface area (Å²) >= 11 is 0. The monoisotopic (exact) mass is 251 g/mol. The Balaban J connectivity index is 2.49. The van der Waals surface area contributed by atoms with Gasteiger partial charge in [-0.25, -0.2) is 0 Å². The summed E-state index contributed by atoms with van der Waals surface area (Å²) in [4.78, 5) is 8.69. The fourth-order valence-corrected chi connectivity index (χ4v) is 1.86. The van der Waals surface area contributed by atoms with Crippen molar-refractivity contribution in [3.05, 3.63) is 35.9 Å². The van der Waals surface area contributed by atoms with Crippen molar-refractivity contribution >= 4 is 11.5 Å². The van der Waals surface area contributed by atoms with E-state index in [9.17, 15) is 0 Å². The molecule has 2 unspecified atom stereocenters. The fourth-order valence-electron chi connectivity index (χ4n) is 1.86. The van der Waals surface area contributed by atoms with Crippen molar-refractivity contribution in [1.82, 2.24) is 5.32 Å². The van der Waals surface area contributed by atoms with Crippen LogP contribution in [-0.2, 0) is 0 Å². The molecule has 2 rings (SSSR count). The fraction of sp³-hybridized carbons (Fsp3) is 0.286. The second kappa shape index (κ2) is 5.79. The zero-order valence-corrected chi connectivity index (χ0v) is 10.5. The highest BCUT2D eigenvalue weighted by atomic mass is 15.1. The Morgan fingerprint density at radius 1 is 1.26 bits per heavy atom. The summed E-state index contributed by atoms with van der Waals surface area (Å²) in [7, 11) is 0. The van der Waals surface area contributed by atoms with Gasteiger partial charge >= 0.3 is 0 Å². The van der Waals surface area contributed by atoms with Crippen LogP contribution in [0.1, 0.15) is 12.5 Å². The quantitative estimate of drug-likeness (QED) is 0.859. The van der Waals surface area contributed by atoms with Gasteiger partial charge in [-0.1, -0.05) is 30.3 Å². The molecule has 1 heterocycles. The first kappa shape index (κ1) is 12.8. The average Bonchev–Trinajstić information content (AvgIpc) is 2.48. The minimum atomic E-state index is -0.712. The largest absolute Gasteiger partial charge is 0.350 e. The van der Waals surface area contributed by atoms with Gasteiger partial charge in [0.05, 0.1) is 12.1 Å². The molecule has 5 nitrogen and oxygen atoms in total. The van der Waals surface area contributed by atoms with Gasteiger partial charge in [0.15, 0.2) is 12.1 Å². The van der Waals surface area contributed by atoms with Crippen LogP contribution in [0.4, 0.5) is 0 Å². The van der Waals surface area contributed by atoms with Crippen LogP contribution in [0, 0.1) is 22.7 Å². The van der Waals surface area contributed by atoms with Crippen molar-refractivity contribution in [2.75, 3.05) is 6.54 Å². The molecule has 1 aliphatic heterocycles. The van der Waals surface area contributed by atoms with Gasteiger partial charge in [0.2, 0.25) is 0 Å². The summed E-state index contributed by atoms with van der Waals surface area (Å²) in [6.45, 7) is 2.50. The summed E-state index contributed by atoms with van der Waals surface area (Å²) < 4.78 is 0. The Hall–Kier alpha value is -2.66. The molecule has 0 aromatic heterocycles. The van der Waals surface area contributed by atoms with E-state index in [1.54, 1.807) is 0 Å². The standard InChI is InChI=1S/C14H13N5/c1-2-17-14-13(10-6-4-3-5-7-10)18-11(8-15)12(9-16)19-14/h3-7,11-12H,2H2,1H3,(H,17,19). The molecule has 1 N–H and O–H groups in total. The lowest BCUT2D eigenvalue weighted by Gasteiger charge is -2.24. The average molecular weight is 251 g/mol. The van der Waals surface area contributed by atoms with Gasteiger partial charge in [0.25, 0.3) is 0 Å². The maximum Gasteiger partial charge on any atom is 0.170 e. The van der Waals surface area contributed by atoms with Gasteiger partial charge < -0.3 is 5.32 Å². The van der Waals surface area contributed by atoms with Crippen LogP contribution in [0.3, 0.4) is 0 Å². The SMILES string of the molecule is CCN=C1NC(C#N)C(C#N)N=C1c1ccccc1. The minimum absolute atomic E-state index is 0.576. The first-order valence-electron chi connectivity index (χ1n) is 6.04. The lowest BCUT2D eigenvalue weighted by molar-refractivity contribution is 0.654. The maximum absolute atomic E-state index is 9.09. The Morgan fingerprint density at radius 2 is 2.00 bits per heavy atom. The summed E-state index contributed by atoms with van der Waals surface area (Å²) in [5, 5.41) is 21.1. The third-order valence-corrected chi connectivity index (χ3v) is 2.74. The molecule has 0 saturated heterocycles. The van der Waals surface area contributed by atoms with E-state index < -0.39 is 12.1 Å². The van der Waals surface area contributed by atoms with Gasteiger partial charge in [-0.2, -0.15) is 10.5 Å². The molecule has 1 aliphatic rings. The van der Waals surface area contributed by atoms with Gasteiger partial charge in [-0.05, 0) is 6.92 Å². The van der Waals surface area contributed by atoms with E-state index in [2.05, 4.69) is 15.3 Å². The highest BCUT2D eigenvalue weighted by Crippen LogP contribution is 2.12. The highest BCUT2D eigenvalue weighted by Gasteiger charge is 2.29. The van der Waals surface area contributed by atoms with E-state index >= 15 is 0 Å². The molecular formula is C14H13N5. The predicted molar refractivity (Wildman–Crippen MR) is 72.9 cm³/mol. The van der Waals surface area contributed by atoms with Crippen LogP contribution < -0.4 is 5.32 Å². The lowest BCUT2D eigenvalue weighted by Crippen LogP contribution is -2.49. The summed E-state index contributed by atoms with van der Waals surface area (Å²) in [5.74, 6) is 0.576. The Morgan fingerprint density at radius 3 is 2.58 bits per heavy atom. The number of aliphatic imine (C=N–C) groups is 2. The normalized spacial score (nSPS) is 23.9. The molecular weight excluding hydrogens is 238 g/mol. The Kier molecular flexibility index (Phi) is 3.90. The van der Waals surface area contributed by atoms with E-state index in [1.165, 1.54) is 0 Å². The van der Waals surface area contributed by atoms with E-state index in [4.69, 9.17) is 10.5 Å². The van der Waals surface area contributed by atoms with Crippen molar-refractivity contribution in [1.29, 1.82) is 10.5 Å². The summed E-state index contributed by atoms with van der Waals surface area (Å²) in [6.07, 6.45) is 0. The Bertz CT molecular complexity index is 589. The molecule has 94 valence electrons. The zero-order valence-electron chi connectivity index (χ0n) is 10.5. The number of hydrogen-bond donors (Lipinski definition) is 1. The van der Waals surface area contributed by atoms with Crippen LogP contribution in [-0.4, -0.2) is 30.2 Å².